The maximum Gasteiger partial charge on any atom is 0.412 e. The normalized spacial score (nSPS) is 20.5. The summed E-state index contributed by atoms with van der Waals surface area (Å²) in [6.45, 7) is 8.56. The summed E-state index contributed by atoms with van der Waals surface area (Å²) < 4.78 is 49.9. The van der Waals surface area contributed by atoms with Crippen LogP contribution in [-0.2, 0) is 19.1 Å². The van der Waals surface area contributed by atoms with Crippen molar-refractivity contribution in [3.05, 3.63) is 12.2 Å². The summed E-state index contributed by atoms with van der Waals surface area (Å²) in [5.41, 5.74) is -1.79. The minimum Gasteiger partial charge on any atom is -0.444 e. The quantitative estimate of drug-likeness (QED) is 0.438. The van der Waals surface area contributed by atoms with Crippen LogP contribution in [0.5, 0.6) is 0 Å². The van der Waals surface area contributed by atoms with Gasteiger partial charge in [0, 0.05) is 19.5 Å². The van der Waals surface area contributed by atoms with Crippen molar-refractivity contribution in [2.45, 2.75) is 77.4 Å². The first-order valence-electron chi connectivity index (χ1n) is 9.79. The second-order valence-electron chi connectivity index (χ2n) is 8.75. The highest BCUT2D eigenvalue weighted by molar-refractivity contribution is 5.86. The van der Waals surface area contributed by atoms with Crippen molar-refractivity contribution in [1.29, 1.82) is 0 Å². The van der Waals surface area contributed by atoms with E-state index in [2.05, 4.69) is 0 Å². The average Bonchev–Trinajstić information content (AvgIpc) is 2.89. The molecule has 174 valence electrons. The highest BCUT2D eigenvalue weighted by atomic mass is 19.4. The molecule has 0 aromatic heterocycles. The average molecular weight is 438 g/mol. The minimum atomic E-state index is -4.33. The van der Waals surface area contributed by atoms with Gasteiger partial charge in [0.1, 0.15) is 11.3 Å². The minimum absolute atomic E-state index is 0.0779. The van der Waals surface area contributed by atoms with Crippen LogP contribution in [-0.4, -0.2) is 66.3 Å². The summed E-state index contributed by atoms with van der Waals surface area (Å²) in [5, 5.41) is 0.996. The molecule has 1 rings (SSSR count). The lowest BCUT2D eigenvalue weighted by molar-refractivity contribution is -0.162. The summed E-state index contributed by atoms with van der Waals surface area (Å²) in [6.07, 6.45) is -3.31. The van der Waals surface area contributed by atoms with Gasteiger partial charge in [-0.3, -0.25) is 14.5 Å². The van der Waals surface area contributed by atoms with E-state index < -0.39 is 47.9 Å². The van der Waals surface area contributed by atoms with E-state index in [1.54, 1.807) is 34.6 Å². The fourth-order valence-corrected chi connectivity index (χ4v) is 3.20. The van der Waals surface area contributed by atoms with E-state index in [1.165, 1.54) is 31.2 Å². The molecule has 0 radical (unpaired) electrons. The Hall–Kier alpha value is -1.81. The lowest BCUT2D eigenvalue weighted by Crippen LogP contribution is -2.52. The predicted octanol–water partition coefficient (Wildman–Crippen LogP) is 4.28. The maximum atomic E-state index is 12.9. The zero-order valence-corrected chi connectivity index (χ0v) is 18.7. The molecule has 0 bridgehead atoms. The fourth-order valence-electron chi connectivity index (χ4n) is 3.20. The number of allylic oxidation sites excluding steroid dienone is 1. The van der Waals surface area contributed by atoms with Crippen molar-refractivity contribution >= 4 is 12.0 Å². The van der Waals surface area contributed by atoms with Gasteiger partial charge in [0.15, 0.2) is 0 Å². The molecule has 2 atom stereocenters. The predicted molar refractivity (Wildman–Crippen MR) is 104 cm³/mol. The molecular formula is C20H33F3N2O5. The number of rotatable bonds is 7. The number of likely N-dealkylation sites (N-methyl/N-ethyl adjacent to an activating group) is 1. The molecule has 1 saturated heterocycles. The number of halogens is 3. The number of carbonyl (C=O) groups is 2. The molecule has 1 fully saturated rings. The SMILES string of the molecule is CON(C)C(=O)/C=C/C[C@@H](CCC(F)(F)F)[C@@H]1COC(C)(C)N1C(=O)OC(C)(C)C. The molecule has 0 N–H and O–H groups in total. The summed E-state index contributed by atoms with van der Waals surface area (Å²) in [4.78, 5) is 30.8. The Kier molecular flexibility index (Phi) is 8.74. The molecule has 2 amide bonds. The van der Waals surface area contributed by atoms with Gasteiger partial charge in [0.2, 0.25) is 0 Å². The number of hydroxylamine groups is 2. The van der Waals surface area contributed by atoms with Crippen molar-refractivity contribution < 1.29 is 37.1 Å². The molecule has 0 aliphatic carbocycles. The molecule has 10 heteroatoms. The molecule has 7 nitrogen and oxygen atoms in total. The zero-order valence-electron chi connectivity index (χ0n) is 18.7. The Morgan fingerprint density at radius 2 is 1.90 bits per heavy atom. The van der Waals surface area contributed by atoms with Crippen LogP contribution in [0.3, 0.4) is 0 Å². The van der Waals surface area contributed by atoms with Crippen LogP contribution in [0.15, 0.2) is 12.2 Å². The maximum absolute atomic E-state index is 12.9. The van der Waals surface area contributed by atoms with E-state index in [-0.39, 0.29) is 19.4 Å². The Bertz CT molecular complexity index is 629. The van der Waals surface area contributed by atoms with E-state index in [4.69, 9.17) is 14.3 Å². The molecule has 1 aliphatic rings. The van der Waals surface area contributed by atoms with Crippen LogP contribution in [0.4, 0.5) is 18.0 Å². The second-order valence-corrected chi connectivity index (χ2v) is 8.75. The molecule has 0 aromatic rings. The van der Waals surface area contributed by atoms with E-state index in [0.29, 0.717) is 0 Å². The zero-order chi connectivity index (χ0) is 23.3. The molecule has 30 heavy (non-hydrogen) atoms. The first-order chi connectivity index (χ1) is 13.6. The van der Waals surface area contributed by atoms with Gasteiger partial charge in [-0.25, -0.2) is 9.86 Å². The van der Waals surface area contributed by atoms with E-state index >= 15 is 0 Å². The first-order valence-corrected chi connectivity index (χ1v) is 9.79. The number of ether oxygens (including phenoxy) is 2. The largest absolute Gasteiger partial charge is 0.444 e. The highest BCUT2D eigenvalue weighted by Crippen LogP contribution is 2.37. The van der Waals surface area contributed by atoms with Crippen molar-refractivity contribution in [1.82, 2.24) is 9.96 Å². The summed E-state index contributed by atoms with van der Waals surface area (Å²) in [5.74, 6) is -1.03. The smallest absolute Gasteiger partial charge is 0.412 e. The van der Waals surface area contributed by atoms with Gasteiger partial charge in [-0.05, 0) is 53.4 Å². The van der Waals surface area contributed by atoms with Gasteiger partial charge in [0.05, 0.1) is 19.8 Å². The van der Waals surface area contributed by atoms with Crippen LogP contribution < -0.4 is 0 Å². The van der Waals surface area contributed by atoms with Crippen molar-refractivity contribution in [2.24, 2.45) is 5.92 Å². The Morgan fingerprint density at radius 1 is 1.30 bits per heavy atom. The summed E-state index contributed by atoms with van der Waals surface area (Å²) in [7, 11) is 2.75. The van der Waals surface area contributed by atoms with Crippen LogP contribution in [0, 0.1) is 5.92 Å². The van der Waals surface area contributed by atoms with Gasteiger partial charge in [-0.15, -0.1) is 0 Å². The standard InChI is InChI=1S/C20H33F3N2O5/c1-18(2,3)30-17(27)25-15(13-29-19(25,4)5)14(11-12-20(21,22)23)9-8-10-16(26)24(6)28-7/h8,10,14-15H,9,11-13H2,1-7H3/b10-8+/t14-,15-/m0/s1. The Morgan fingerprint density at radius 3 is 2.40 bits per heavy atom. The number of hydrogen-bond donors (Lipinski definition) is 0. The first kappa shape index (κ1) is 26.2. The van der Waals surface area contributed by atoms with E-state index in [0.717, 1.165) is 5.06 Å². The van der Waals surface area contributed by atoms with Crippen LogP contribution in [0.1, 0.15) is 53.9 Å². The third kappa shape index (κ3) is 8.14. The summed E-state index contributed by atoms with van der Waals surface area (Å²) in [6, 6.07) is -0.628. The van der Waals surface area contributed by atoms with Crippen LogP contribution in [0.25, 0.3) is 0 Å². The van der Waals surface area contributed by atoms with Gasteiger partial charge in [-0.2, -0.15) is 13.2 Å². The van der Waals surface area contributed by atoms with Crippen molar-refractivity contribution in [3.8, 4) is 0 Å². The third-order valence-electron chi connectivity index (χ3n) is 4.74. The van der Waals surface area contributed by atoms with E-state index in [1.807, 2.05) is 0 Å². The van der Waals surface area contributed by atoms with Crippen molar-refractivity contribution in [2.75, 3.05) is 20.8 Å². The number of nitrogens with zero attached hydrogens (tertiary/aromatic N) is 2. The van der Waals surface area contributed by atoms with Gasteiger partial charge in [-0.1, -0.05) is 6.08 Å². The number of amides is 2. The third-order valence-corrected chi connectivity index (χ3v) is 4.74. The molecule has 0 unspecified atom stereocenters. The van der Waals surface area contributed by atoms with Crippen molar-refractivity contribution in [3.63, 3.8) is 0 Å². The Balaban J connectivity index is 3.08. The lowest BCUT2D eigenvalue weighted by atomic mass is 9.90. The molecular weight excluding hydrogens is 405 g/mol. The van der Waals surface area contributed by atoms with Gasteiger partial charge in [0.25, 0.3) is 5.91 Å². The molecule has 0 saturated carbocycles. The molecule has 1 aliphatic heterocycles. The summed E-state index contributed by atoms with van der Waals surface area (Å²) >= 11 is 0. The van der Waals surface area contributed by atoms with Crippen LogP contribution in [0.2, 0.25) is 0 Å². The fraction of sp³-hybridized carbons (Fsp3) is 0.800. The second kappa shape index (κ2) is 10.00. The van der Waals surface area contributed by atoms with Gasteiger partial charge >= 0.3 is 12.3 Å². The number of hydrogen-bond acceptors (Lipinski definition) is 5. The molecule has 0 aromatic carbocycles. The van der Waals surface area contributed by atoms with Crippen LogP contribution >= 0.6 is 0 Å². The lowest BCUT2D eigenvalue weighted by Gasteiger charge is -2.37. The van der Waals surface area contributed by atoms with Gasteiger partial charge < -0.3 is 9.47 Å². The topological polar surface area (TPSA) is 68.3 Å². The molecule has 1 heterocycles. The monoisotopic (exact) mass is 438 g/mol. The highest BCUT2D eigenvalue weighted by Gasteiger charge is 2.48. The number of carbonyl (C=O) groups excluding carboxylic acids is 2. The Labute approximate surface area is 176 Å². The number of alkyl halides is 3. The van der Waals surface area contributed by atoms with E-state index in [9.17, 15) is 22.8 Å². The molecule has 0 spiro atoms.